The van der Waals surface area contributed by atoms with Crippen molar-refractivity contribution < 1.29 is 15.0 Å². The lowest BCUT2D eigenvalue weighted by Crippen LogP contribution is -2.37. The van der Waals surface area contributed by atoms with Crippen molar-refractivity contribution in [2.45, 2.75) is 25.8 Å². The number of aromatic hydroxyl groups is 2. The van der Waals surface area contributed by atoms with Crippen LogP contribution in [0, 0.1) is 5.92 Å². The second-order valence-corrected chi connectivity index (χ2v) is 6.30. The molecule has 1 heterocycles. The van der Waals surface area contributed by atoms with E-state index in [1.807, 2.05) is 0 Å². The van der Waals surface area contributed by atoms with Crippen LogP contribution in [0.2, 0.25) is 0 Å². The first-order valence-electron chi connectivity index (χ1n) is 7.90. The minimum absolute atomic E-state index is 0.0585. The molecule has 2 atom stereocenters. The summed E-state index contributed by atoms with van der Waals surface area (Å²) in [5.41, 5.74) is 2.11. The first-order valence-corrected chi connectivity index (χ1v) is 7.90. The number of aromatic nitrogens is 1. The van der Waals surface area contributed by atoms with Crippen LogP contribution in [0.5, 0.6) is 11.5 Å². The van der Waals surface area contributed by atoms with Crippen molar-refractivity contribution in [1.29, 1.82) is 0 Å². The first-order chi connectivity index (χ1) is 11.4. The van der Waals surface area contributed by atoms with Gasteiger partial charge in [0.05, 0.1) is 6.04 Å². The highest BCUT2D eigenvalue weighted by Crippen LogP contribution is 2.34. The van der Waals surface area contributed by atoms with Gasteiger partial charge in [0.1, 0.15) is 0 Å². The van der Waals surface area contributed by atoms with Gasteiger partial charge in [-0.1, -0.05) is 6.92 Å². The highest BCUT2D eigenvalue weighted by atomic mass is 16.3. The number of nitrogens with one attached hydrogen (secondary N) is 1. The number of phenolic OH excluding ortho intramolecular Hbond substituents is 2. The Bertz CT molecular complexity index is 857. The standard InChI is InChI=1S/C18H20N2O4/c1-10-3-6-13-12(5-8-16(23)20(13)2)17(10)19-18(24)11-4-7-14(21)15(22)9-11/h4-5,7-10,17,21-22H,3,6H2,1-2H3,(H,19,24). The van der Waals surface area contributed by atoms with Crippen molar-refractivity contribution in [3.63, 3.8) is 0 Å². The fourth-order valence-corrected chi connectivity index (χ4v) is 3.24. The molecule has 126 valence electrons. The van der Waals surface area contributed by atoms with Crippen LogP contribution in [-0.2, 0) is 13.5 Å². The number of rotatable bonds is 2. The summed E-state index contributed by atoms with van der Waals surface area (Å²) in [6.45, 7) is 2.06. The SMILES string of the molecule is CC1CCc2c(ccc(=O)n2C)C1NC(=O)c1ccc(O)c(O)c1. The van der Waals surface area contributed by atoms with Crippen molar-refractivity contribution in [3.05, 3.63) is 57.5 Å². The van der Waals surface area contributed by atoms with E-state index in [9.17, 15) is 19.8 Å². The molecule has 1 aromatic heterocycles. The maximum absolute atomic E-state index is 12.5. The van der Waals surface area contributed by atoms with Gasteiger partial charge in [-0.2, -0.15) is 0 Å². The Balaban J connectivity index is 1.92. The minimum Gasteiger partial charge on any atom is -0.504 e. The lowest BCUT2D eigenvalue weighted by Gasteiger charge is -2.33. The number of phenols is 2. The van der Waals surface area contributed by atoms with E-state index in [0.717, 1.165) is 24.1 Å². The predicted octanol–water partition coefficient (Wildman–Crippen LogP) is 1.85. The molecule has 2 unspecified atom stereocenters. The van der Waals surface area contributed by atoms with Crippen LogP contribution in [0.3, 0.4) is 0 Å². The summed E-state index contributed by atoms with van der Waals surface area (Å²) >= 11 is 0. The smallest absolute Gasteiger partial charge is 0.251 e. The molecule has 24 heavy (non-hydrogen) atoms. The van der Waals surface area contributed by atoms with E-state index in [0.29, 0.717) is 0 Å². The number of hydrogen-bond donors (Lipinski definition) is 3. The van der Waals surface area contributed by atoms with Gasteiger partial charge in [-0.25, -0.2) is 0 Å². The maximum Gasteiger partial charge on any atom is 0.251 e. The summed E-state index contributed by atoms with van der Waals surface area (Å²) in [7, 11) is 1.74. The third-order valence-corrected chi connectivity index (χ3v) is 4.74. The Kier molecular flexibility index (Phi) is 4.05. The fraction of sp³-hybridized carbons (Fsp3) is 0.333. The fourth-order valence-electron chi connectivity index (χ4n) is 3.24. The van der Waals surface area contributed by atoms with Gasteiger partial charge in [-0.3, -0.25) is 9.59 Å². The average Bonchev–Trinajstić information content (AvgIpc) is 2.56. The van der Waals surface area contributed by atoms with Gasteiger partial charge in [-0.15, -0.1) is 0 Å². The molecule has 0 radical (unpaired) electrons. The van der Waals surface area contributed by atoms with Gasteiger partial charge in [0.2, 0.25) is 5.56 Å². The molecule has 0 saturated heterocycles. The first kappa shape index (κ1) is 16.1. The van der Waals surface area contributed by atoms with Gasteiger partial charge in [0.15, 0.2) is 11.5 Å². The summed E-state index contributed by atoms with van der Waals surface area (Å²) in [6, 6.07) is 7.07. The topological polar surface area (TPSA) is 91.6 Å². The number of nitrogens with zero attached hydrogens (tertiary/aromatic N) is 1. The van der Waals surface area contributed by atoms with E-state index in [1.165, 1.54) is 24.3 Å². The summed E-state index contributed by atoms with van der Waals surface area (Å²) in [5, 5.41) is 21.9. The molecule has 0 fully saturated rings. The van der Waals surface area contributed by atoms with Crippen molar-refractivity contribution in [2.75, 3.05) is 0 Å². The zero-order valence-electron chi connectivity index (χ0n) is 13.6. The van der Waals surface area contributed by atoms with Crippen LogP contribution in [0.15, 0.2) is 35.1 Å². The molecule has 6 nitrogen and oxygen atoms in total. The van der Waals surface area contributed by atoms with Crippen molar-refractivity contribution in [2.24, 2.45) is 13.0 Å². The molecule has 1 aliphatic carbocycles. The van der Waals surface area contributed by atoms with Crippen LogP contribution >= 0.6 is 0 Å². The molecule has 3 rings (SSSR count). The molecule has 2 aromatic rings. The van der Waals surface area contributed by atoms with E-state index < -0.39 is 0 Å². The number of fused-ring (bicyclic) bond motifs is 1. The molecular formula is C18H20N2O4. The third-order valence-electron chi connectivity index (χ3n) is 4.74. The highest BCUT2D eigenvalue weighted by molar-refractivity contribution is 5.95. The number of carbonyl (C=O) groups is 1. The van der Waals surface area contributed by atoms with Gasteiger partial charge in [-0.05, 0) is 48.6 Å². The average molecular weight is 328 g/mol. The molecule has 3 N–H and O–H groups in total. The summed E-state index contributed by atoms with van der Waals surface area (Å²) in [6.07, 6.45) is 1.67. The Morgan fingerprint density at radius 2 is 1.96 bits per heavy atom. The Morgan fingerprint density at radius 3 is 2.67 bits per heavy atom. The van der Waals surface area contributed by atoms with Gasteiger partial charge < -0.3 is 20.1 Å². The zero-order chi connectivity index (χ0) is 17.4. The zero-order valence-corrected chi connectivity index (χ0v) is 13.6. The molecule has 1 aliphatic rings. The Morgan fingerprint density at radius 1 is 1.21 bits per heavy atom. The number of hydrogen-bond acceptors (Lipinski definition) is 4. The van der Waals surface area contributed by atoms with E-state index in [4.69, 9.17) is 0 Å². The number of benzene rings is 1. The molecule has 0 aliphatic heterocycles. The molecule has 6 heteroatoms. The quantitative estimate of drug-likeness (QED) is 0.734. The number of amides is 1. The van der Waals surface area contributed by atoms with Crippen LogP contribution in [0.4, 0.5) is 0 Å². The van der Waals surface area contributed by atoms with Crippen LogP contribution in [0.1, 0.15) is 41.0 Å². The molecule has 0 saturated carbocycles. The summed E-state index contributed by atoms with van der Waals surface area (Å²) in [5.74, 6) is -0.700. The van der Waals surface area contributed by atoms with E-state index >= 15 is 0 Å². The number of carbonyl (C=O) groups excluding carboxylic acids is 1. The van der Waals surface area contributed by atoms with Gasteiger partial charge in [0.25, 0.3) is 5.91 Å². The predicted molar refractivity (Wildman–Crippen MR) is 89.1 cm³/mol. The normalized spacial score (nSPS) is 19.6. The van der Waals surface area contributed by atoms with Crippen LogP contribution < -0.4 is 10.9 Å². The third kappa shape index (κ3) is 2.75. The lowest BCUT2D eigenvalue weighted by atomic mass is 9.82. The maximum atomic E-state index is 12.5. The second-order valence-electron chi connectivity index (χ2n) is 6.30. The van der Waals surface area contributed by atoms with Crippen LogP contribution in [-0.4, -0.2) is 20.7 Å². The Hall–Kier alpha value is -2.76. The number of pyridine rings is 1. The monoisotopic (exact) mass is 328 g/mol. The van der Waals surface area contributed by atoms with E-state index in [2.05, 4.69) is 12.2 Å². The van der Waals surface area contributed by atoms with Gasteiger partial charge >= 0.3 is 0 Å². The highest BCUT2D eigenvalue weighted by Gasteiger charge is 2.29. The van der Waals surface area contributed by atoms with Gasteiger partial charge in [0, 0.05) is 24.4 Å². The van der Waals surface area contributed by atoms with Crippen molar-refractivity contribution in [1.82, 2.24) is 9.88 Å². The molecule has 1 aromatic carbocycles. The van der Waals surface area contributed by atoms with Crippen molar-refractivity contribution >= 4 is 5.91 Å². The van der Waals surface area contributed by atoms with E-state index in [1.54, 1.807) is 17.7 Å². The van der Waals surface area contributed by atoms with Crippen molar-refractivity contribution in [3.8, 4) is 11.5 Å². The molecule has 0 spiro atoms. The molecule has 1 amide bonds. The Labute approximate surface area is 139 Å². The van der Waals surface area contributed by atoms with E-state index in [-0.39, 0.29) is 40.5 Å². The summed E-state index contributed by atoms with van der Waals surface area (Å²) < 4.78 is 1.63. The van der Waals surface area contributed by atoms with Crippen LogP contribution in [0.25, 0.3) is 0 Å². The second kappa shape index (κ2) is 6.03. The molecular weight excluding hydrogens is 308 g/mol. The summed E-state index contributed by atoms with van der Waals surface area (Å²) in [4.78, 5) is 24.3. The molecule has 0 bridgehead atoms. The largest absolute Gasteiger partial charge is 0.504 e. The lowest BCUT2D eigenvalue weighted by molar-refractivity contribution is 0.0918. The minimum atomic E-state index is -0.331.